The lowest BCUT2D eigenvalue weighted by Crippen LogP contribution is -2.20. The van der Waals surface area contributed by atoms with Crippen LogP contribution in [-0.2, 0) is 16.0 Å². The molecule has 0 fully saturated rings. The third-order valence-electron chi connectivity index (χ3n) is 5.79. The third-order valence-corrected chi connectivity index (χ3v) is 5.79. The summed E-state index contributed by atoms with van der Waals surface area (Å²) in [5.41, 5.74) is 2.75. The number of carbonyl (C=O) groups excluding carboxylic acids is 2. The molecule has 7 heteroatoms. The van der Waals surface area contributed by atoms with Crippen LogP contribution in [0.5, 0.6) is 17.2 Å². The van der Waals surface area contributed by atoms with Crippen LogP contribution in [0.15, 0.2) is 72.9 Å². The zero-order valence-corrected chi connectivity index (χ0v) is 19.9. The molecular weight excluding hydrogens is 446 g/mol. The first-order valence-corrected chi connectivity index (χ1v) is 11.2. The van der Waals surface area contributed by atoms with Crippen molar-refractivity contribution in [1.82, 2.24) is 4.98 Å². The van der Waals surface area contributed by atoms with E-state index in [1.807, 2.05) is 42.5 Å². The Bertz CT molecular complexity index is 1300. The minimum absolute atomic E-state index is 0.0726. The lowest BCUT2D eigenvalue weighted by atomic mass is 9.99. The average Bonchev–Trinajstić information content (AvgIpc) is 3.34. The van der Waals surface area contributed by atoms with Crippen LogP contribution in [0.4, 0.5) is 0 Å². The summed E-state index contributed by atoms with van der Waals surface area (Å²) in [6, 6.07) is 20.2. The molecule has 4 rings (SSSR count). The van der Waals surface area contributed by atoms with E-state index in [-0.39, 0.29) is 12.2 Å². The Labute approximate surface area is 203 Å². The van der Waals surface area contributed by atoms with Gasteiger partial charge in [-0.1, -0.05) is 48.5 Å². The summed E-state index contributed by atoms with van der Waals surface area (Å²) < 4.78 is 21.9. The number of H-pyrrole nitrogens is 1. The molecule has 1 N–H and O–H groups in total. The van der Waals surface area contributed by atoms with Crippen LogP contribution in [0.2, 0.25) is 0 Å². The molecule has 0 radical (unpaired) electrons. The second-order valence-electron chi connectivity index (χ2n) is 7.93. The molecule has 180 valence electrons. The predicted molar refractivity (Wildman–Crippen MR) is 132 cm³/mol. The first kappa shape index (κ1) is 23.9. The van der Waals surface area contributed by atoms with Crippen molar-refractivity contribution >= 4 is 22.7 Å². The molecule has 35 heavy (non-hydrogen) atoms. The van der Waals surface area contributed by atoms with Crippen molar-refractivity contribution < 1.29 is 28.5 Å². The van der Waals surface area contributed by atoms with E-state index in [1.54, 1.807) is 30.5 Å². The van der Waals surface area contributed by atoms with Crippen molar-refractivity contribution in [3.63, 3.8) is 0 Å². The molecule has 1 heterocycles. The zero-order valence-electron chi connectivity index (χ0n) is 19.9. The van der Waals surface area contributed by atoms with Gasteiger partial charge in [-0.3, -0.25) is 9.59 Å². The number of aromatic amines is 1. The van der Waals surface area contributed by atoms with Gasteiger partial charge in [-0.25, -0.2) is 0 Å². The fourth-order valence-electron chi connectivity index (χ4n) is 4.03. The van der Waals surface area contributed by atoms with Gasteiger partial charge in [0.25, 0.3) is 0 Å². The van der Waals surface area contributed by atoms with Gasteiger partial charge in [-0.15, -0.1) is 0 Å². The number of carbonyl (C=O) groups is 2. The van der Waals surface area contributed by atoms with Gasteiger partial charge in [0.15, 0.2) is 17.6 Å². The Kier molecular flexibility index (Phi) is 7.35. The second kappa shape index (κ2) is 10.8. The number of aromatic nitrogens is 1. The number of Topliss-reactive ketones (excluding diaryl/α,β-unsaturated/α-hetero) is 1. The van der Waals surface area contributed by atoms with Crippen LogP contribution in [0.1, 0.15) is 34.0 Å². The predicted octanol–water partition coefficient (Wildman–Crippen LogP) is 5.29. The molecule has 4 aromatic rings. The summed E-state index contributed by atoms with van der Waals surface area (Å²) in [5.74, 6) is 0.726. The molecule has 0 bridgehead atoms. The van der Waals surface area contributed by atoms with E-state index in [1.165, 1.54) is 21.3 Å². The number of rotatable bonds is 10. The first-order valence-electron chi connectivity index (χ1n) is 11.2. The van der Waals surface area contributed by atoms with E-state index in [0.717, 1.165) is 16.5 Å². The van der Waals surface area contributed by atoms with Gasteiger partial charge < -0.3 is 23.9 Å². The number of ketones is 1. The lowest BCUT2D eigenvalue weighted by molar-refractivity contribution is -0.147. The van der Waals surface area contributed by atoms with E-state index in [2.05, 4.69) is 4.98 Å². The van der Waals surface area contributed by atoms with Gasteiger partial charge in [0, 0.05) is 34.6 Å². The van der Waals surface area contributed by atoms with Crippen LogP contribution >= 0.6 is 0 Å². The number of hydrogen-bond donors (Lipinski definition) is 1. The normalized spacial score (nSPS) is 11.6. The number of aryl methyl sites for hydroxylation is 1. The molecule has 3 aromatic carbocycles. The van der Waals surface area contributed by atoms with E-state index in [0.29, 0.717) is 34.8 Å². The smallest absolute Gasteiger partial charge is 0.307 e. The van der Waals surface area contributed by atoms with Crippen LogP contribution in [0, 0.1) is 0 Å². The molecule has 1 aromatic heterocycles. The summed E-state index contributed by atoms with van der Waals surface area (Å²) in [4.78, 5) is 29.5. The van der Waals surface area contributed by atoms with Crippen LogP contribution < -0.4 is 14.2 Å². The van der Waals surface area contributed by atoms with Gasteiger partial charge >= 0.3 is 5.97 Å². The highest BCUT2D eigenvalue weighted by Gasteiger charge is 2.28. The Hall–Kier alpha value is -4.26. The van der Waals surface area contributed by atoms with Crippen LogP contribution in [-0.4, -0.2) is 38.1 Å². The van der Waals surface area contributed by atoms with Crippen molar-refractivity contribution in [1.29, 1.82) is 0 Å². The average molecular weight is 474 g/mol. The maximum absolute atomic E-state index is 13.5. The molecule has 0 aliphatic heterocycles. The van der Waals surface area contributed by atoms with Crippen molar-refractivity contribution in [3.8, 4) is 17.2 Å². The number of methoxy groups -OCH3 is 3. The molecule has 0 amide bonds. The Morgan fingerprint density at radius 3 is 2.17 bits per heavy atom. The second-order valence-corrected chi connectivity index (χ2v) is 7.93. The largest absolute Gasteiger partial charge is 0.493 e. The summed E-state index contributed by atoms with van der Waals surface area (Å²) in [5, 5.41) is 0.784. The molecular formula is C28H27NO6. The molecule has 1 atom stereocenters. The number of hydrogen-bond acceptors (Lipinski definition) is 6. The van der Waals surface area contributed by atoms with Gasteiger partial charge in [0.05, 0.1) is 21.3 Å². The fourth-order valence-corrected chi connectivity index (χ4v) is 4.03. The van der Waals surface area contributed by atoms with Crippen molar-refractivity contribution in [2.45, 2.75) is 18.9 Å². The standard InChI is InChI=1S/C28H27NO6/c1-32-23-15-18(16-24(33-2)28(23)34-3)13-14-25(30)35-27(19-9-5-4-6-10-19)26(31)21-17-29-22-12-8-7-11-20(21)22/h4-12,15-17,27,29H,13-14H2,1-3H3/t27-/m1/s1. The van der Waals surface area contributed by atoms with Gasteiger partial charge in [-0.2, -0.15) is 0 Å². The highest BCUT2D eigenvalue weighted by molar-refractivity contribution is 6.10. The molecule has 0 unspecified atom stereocenters. The molecule has 0 saturated carbocycles. The Morgan fingerprint density at radius 2 is 1.51 bits per heavy atom. The maximum Gasteiger partial charge on any atom is 0.307 e. The van der Waals surface area contributed by atoms with Crippen molar-refractivity contribution in [3.05, 3.63) is 89.6 Å². The quantitative estimate of drug-likeness (QED) is 0.249. The molecule has 0 saturated heterocycles. The summed E-state index contributed by atoms with van der Waals surface area (Å²) in [6.07, 6.45) is 1.05. The third kappa shape index (κ3) is 5.14. The zero-order chi connectivity index (χ0) is 24.8. The Balaban J connectivity index is 1.54. The van der Waals surface area contributed by atoms with E-state index < -0.39 is 12.1 Å². The molecule has 0 spiro atoms. The van der Waals surface area contributed by atoms with Crippen LogP contribution in [0.25, 0.3) is 10.9 Å². The van der Waals surface area contributed by atoms with E-state index >= 15 is 0 Å². The van der Waals surface area contributed by atoms with Gasteiger partial charge in [0.2, 0.25) is 11.5 Å². The first-order chi connectivity index (χ1) is 17.0. The van der Waals surface area contributed by atoms with Gasteiger partial charge in [0.1, 0.15) is 0 Å². The fraction of sp³-hybridized carbons (Fsp3) is 0.214. The number of para-hydroxylation sites is 1. The minimum atomic E-state index is -1.05. The highest BCUT2D eigenvalue weighted by Crippen LogP contribution is 2.38. The number of esters is 1. The highest BCUT2D eigenvalue weighted by atomic mass is 16.5. The monoisotopic (exact) mass is 473 g/mol. The SMILES string of the molecule is COc1cc(CCC(=O)O[C@@H](C(=O)c2c[nH]c3ccccc23)c2ccccc2)cc(OC)c1OC. The van der Waals surface area contributed by atoms with Crippen LogP contribution in [0.3, 0.4) is 0 Å². The van der Waals surface area contributed by atoms with E-state index in [4.69, 9.17) is 18.9 Å². The topological polar surface area (TPSA) is 86.9 Å². The Morgan fingerprint density at radius 1 is 0.857 bits per heavy atom. The minimum Gasteiger partial charge on any atom is -0.493 e. The summed E-state index contributed by atoms with van der Waals surface area (Å²) >= 11 is 0. The summed E-state index contributed by atoms with van der Waals surface area (Å²) in [7, 11) is 4.61. The van der Waals surface area contributed by atoms with Crippen molar-refractivity contribution in [2.75, 3.05) is 21.3 Å². The number of benzene rings is 3. The van der Waals surface area contributed by atoms with Gasteiger partial charge in [-0.05, 0) is 30.2 Å². The van der Waals surface area contributed by atoms with E-state index in [9.17, 15) is 9.59 Å². The molecule has 0 aliphatic carbocycles. The lowest BCUT2D eigenvalue weighted by Gasteiger charge is -2.18. The summed E-state index contributed by atoms with van der Waals surface area (Å²) in [6.45, 7) is 0. The van der Waals surface area contributed by atoms with Crippen molar-refractivity contribution in [2.24, 2.45) is 0 Å². The number of nitrogens with one attached hydrogen (secondary N) is 1. The number of fused-ring (bicyclic) bond motifs is 1. The molecule has 7 nitrogen and oxygen atoms in total. The molecule has 0 aliphatic rings. The number of ether oxygens (including phenoxy) is 4. The maximum atomic E-state index is 13.5.